The van der Waals surface area contributed by atoms with E-state index in [4.69, 9.17) is 0 Å². The van der Waals surface area contributed by atoms with Crippen molar-refractivity contribution in [1.29, 1.82) is 0 Å². The summed E-state index contributed by atoms with van der Waals surface area (Å²) >= 11 is 5.73. The third-order valence-corrected chi connectivity index (χ3v) is 3.11. The molecular formula is C13H8N2Se2. The summed E-state index contributed by atoms with van der Waals surface area (Å²) in [6, 6.07) is 14.5. The molecule has 0 atom stereocenters. The van der Waals surface area contributed by atoms with Gasteiger partial charge in [0.2, 0.25) is 0 Å². The Morgan fingerprint density at radius 2 is 1.71 bits per heavy atom. The molecule has 0 fully saturated rings. The molecule has 2 radical (unpaired) electrons. The van der Waals surface area contributed by atoms with Crippen molar-refractivity contribution in [3.05, 3.63) is 42.5 Å². The first kappa shape index (κ1) is 11.1. The average Bonchev–Trinajstić information content (AvgIpc) is 2.68. The zero-order valence-electron chi connectivity index (χ0n) is 8.81. The van der Waals surface area contributed by atoms with Gasteiger partial charge in [0.25, 0.3) is 0 Å². The van der Waals surface area contributed by atoms with Gasteiger partial charge in [-0.2, -0.15) is 0 Å². The van der Waals surface area contributed by atoms with Crippen molar-refractivity contribution in [1.82, 2.24) is 4.98 Å². The third kappa shape index (κ3) is 1.94. The van der Waals surface area contributed by atoms with Gasteiger partial charge in [0.15, 0.2) is 0 Å². The van der Waals surface area contributed by atoms with Crippen molar-refractivity contribution in [3.8, 4) is 0 Å². The molecule has 17 heavy (non-hydrogen) atoms. The Balaban J connectivity index is 2.43. The van der Waals surface area contributed by atoms with E-state index in [1.54, 1.807) is 0 Å². The normalized spacial score (nSPS) is 10.8. The van der Waals surface area contributed by atoms with E-state index in [2.05, 4.69) is 66.3 Å². The molecule has 3 aromatic rings. The summed E-state index contributed by atoms with van der Waals surface area (Å²) in [5.74, 6) is 0. The Morgan fingerprint density at radius 1 is 0.941 bits per heavy atom. The van der Waals surface area contributed by atoms with Gasteiger partial charge in [-0.3, -0.25) is 0 Å². The van der Waals surface area contributed by atoms with Gasteiger partial charge in [0.1, 0.15) is 0 Å². The minimum atomic E-state index is 0.816. The second-order valence-electron chi connectivity index (χ2n) is 3.75. The van der Waals surface area contributed by atoms with Crippen LogP contribution in [0, 0.1) is 0 Å². The van der Waals surface area contributed by atoms with Gasteiger partial charge in [-0.25, -0.2) is 0 Å². The van der Waals surface area contributed by atoms with Gasteiger partial charge in [-0.15, -0.1) is 0 Å². The van der Waals surface area contributed by atoms with Crippen molar-refractivity contribution < 1.29 is 0 Å². The van der Waals surface area contributed by atoms with Crippen LogP contribution in [0.1, 0.15) is 0 Å². The van der Waals surface area contributed by atoms with Gasteiger partial charge in [0.05, 0.1) is 0 Å². The number of H-pyrrole nitrogens is 1. The fourth-order valence-corrected chi connectivity index (χ4v) is 2.46. The van der Waals surface area contributed by atoms with Crippen LogP contribution in [0.15, 0.2) is 47.5 Å². The standard InChI is InChI=1S/C13H8N2Se2/c16-13(17)15-11-7-3-5-9-8-4-1-2-6-10(8)14-12(9)11/h1-7,14H. The van der Waals surface area contributed by atoms with Gasteiger partial charge in [0, 0.05) is 0 Å². The van der Waals surface area contributed by atoms with E-state index in [0.29, 0.717) is 0 Å². The van der Waals surface area contributed by atoms with E-state index in [-0.39, 0.29) is 0 Å². The van der Waals surface area contributed by atoms with Crippen molar-refractivity contribution in [3.63, 3.8) is 0 Å². The Labute approximate surface area is 115 Å². The molecule has 0 saturated carbocycles. The van der Waals surface area contributed by atoms with Crippen LogP contribution in [0.4, 0.5) is 5.69 Å². The number of benzene rings is 2. The summed E-state index contributed by atoms with van der Waals surface area (Å²) in [5.41, 5.74) is 3.18. The number of hydrogen-bond acceptors (Lipinski definition) is 1. The maximum atomic E-state index is 4.46. The fraction of sp³-hybridized carbons (Fsp3) is 0. The molecule has 3 rings (SSSR count). The summed E-state index contributed by atoms with van der Waals surface area (Å²) < 4.78 is 0.816. The van der Waals surface area contributed by atoms with Crippen molar-refractivity contribution in [2.75, 3.05) is 0 Å². The Bertz CT molecular complexity index is 724. The number of nitrogens with zero attached hydrogens (tertiary/aromatic N) is 1. The molecule has 0 amide bonds. The molecule has 0 spiro atoms. The number of hydrogen-bond donors (Lipinski definition) is 1. The van der Waals surface area contributed by atoms with Crippen LogP contribution in [0.3, 0.4) is 0 Å². The summed E-state index contributed by atoms with van der Waals surface area (Å²) in [6.45, 7) is 0. The molecule has 2 aromatic carbocycles. The van der Waals surface area contributed by atoms with Gasteiger partial charge >= 0.3 is 115 Å². The van der Waals surface area contributed by atoms with Crippen LogP contribution in [0.2, 0.25) is 0 Å². The molecule has 0 aliphatic carbocycles. The summed E-state index contributed by atoms with van der Waals surface area (Å²) in [4.78, 5) is 7.87. The molecule has 0 aliphatic heterocycles. The van der Waals surface area contributed by atoms with Crippen LogP contribution in [-0.4, -0.2) is 40.5 Å². The Kier molecular flexibility index (Phi) is 2.81. The number of rotatable bonds is 1. The van der Waals surface area contributed by atoms with E-state index in [9.17, 15) is 0 Å². The first-order valence-electron chi connectivity index (χ1n) is 5.18. The second-order valence-corrected chi connectivity index (χ2v) is 6.68. The molecular weight excluding hydrogens is 342 g/mol. The van der Waals surface area contributed by atoms with Crippen molar-refractivity contribution >= 4 is 63.0 Å². The maximum absolute atomic E-state index is 4.46. The number of para-hydroxylation sites is 2. The first-order valence-corrected chi connectivity index (χ1v) is 6.89. The SMILES string of the molecule is [Se]C([Se])=Nc1cccc2c1[nH]c1ccccc12. The van der Waals surface area contributed by atoms with Crippen LogP contribution in [-0.2, 0) is 0 Å². The van der Waals surface area contributed by atoms with E-state index in [0.717, 1.165) is 20.2 Å². The van der Waals surface area contributed by atoms with Gasteiger partial charge < -0.3 is 0 Å². The molecule has 1 aromatic heterocycles. The molecule has 0 unspecified atom stereocenters. The van der Waals surface area contributed by atoms with Gasteiger partial charge in [-0.1, -0.05) is 0 Å². The van der Waals surface area contributed by atoms with E-state index in [1.165, 1.54) is 10.8 Å². The van der Waals surface area contributed by atoms with Crippen LogP contribution < -0.4 is 0 Å². The minimum absolute atomic E-state index is 0.816. The molecule has 0 saturated heterocycles. The number of aromatic amines is 1. The van der Waals surface area contributed by atoms with Crippen molar-refractivity contribution in [2.24, 2.45) is 4.99 Å². The first-order chi connectivity index (χ1) is 8.25. The topological polar surface area (TPSA) is 28.1 Å². The second kappa shape index (κ2) is 4.32. The Morgan fingerprint density at radius 3 is 2.53 bits per heavy atom. The number of fused-ring (bicyclic) bond motifs is 3. The molecule has 4 heteroatoms. The monoisotopic (exact) mass is 352 g/mol. The predicted octanol–water partition coefficient (Wildman–Crippen LogP) is 2.65. The molecule has 82 valence electrons. The molecule has 2 nitrogen and oxygen atoms in total. The van der Waals surface area contributed by atoms with Gasteiger partial charge in [-0.05, 0) is 0 Å². The Hall–Kier alpha value is -1.05. The van der Waals surface area contributed by atoms with E-state index < -0.39 is 0 Å². The third-order valence-electron chi connectivity index (χ3n) is 2.73. The van der Waals surface area contributed by atoms with Crippen LogP contribution in [0.25, 0.3) is 21.8 Å². The number of aromatic nitrogens is 1. The molecule has 1 heterocycles. The molecule has 0 bridgehead atoms. The van der Waals surface area contributed by atoms with Crippen LogP contribution in [0.5, 0.6) is 0 Å². The van der Waals surface area contributed by atoms with Crippen LogP contribution >= 0.6 is 0 Å². The molecule has 1 N–H and O–H groups in total. The summed E-state index contributed by atoms with van der Waals surface area (Å²) in [6.07, 6.45) is 0. The molecule has 0 aliphatic rings. The summed E-state index contributed by atoms with van der Waals surface area (Å²) in [7, 11) is 0. The zero-order chi connectivity index (χ0) is 11.8. The quantitative estimate of drug-likeness (QED) is 0.516. The fourth-order valence-electron chi connectivity index (χ4n) is 2.05. The van der Waals surface area contributed by atoms with Crippen molar-refractivity contribution in [2.45, 2.75) is 0 Å². The average molecular weight is 350 g/mol. The van der Waals surface area contributed by atoms with E-state index >= 15 is 0 Å². The predicted molar refractivity (Wildman–Crippen MR) is 74.4 cm³/mol. The number of nitrogens with one attached hydrogen (secondary N) is 1. The summed E-state index contributed by atoms with van der Waals surface area (Å²) in [5, 5.41) is 2.45. The van der Waals surface area contributed by atoms with E-state index in [1.807, 2.05) is 18.2 Å². The number of aliphatic imine (C=N–C) groups is 1. The zero-order valence-corrected chi connectivity index (χ0v) is 12.2.